The van der Waals surface area contributed by atoms with Crippen LogP contribution >= 0.6 is 0 Å². The van der Waals surface area contributed by atoms with Crippen LogP contribution in [0, 0.1) is 11.8 Å². The Balaban J connectivity index is 2.06. The van der Waals surface area contributed by atoms with Gasteiger partial charge in [-0.2, -0.15) is 5.48 Å². The molecule has 0 spiro atoms. The third kappa shape index (κ3) is 3.93. The average molecular weight is 305 g/mol. The Kier molecular flexibility index (Phi) is 5.30. The summed E-state index contributed by atoms with van der Waals surface area (Å²) in [7, 11) is 1.57. The van der Waals surface area contributed by atoms with Gasteiger partial charge in [0.1, 0.15) is 0 Å². The number of rotatable bonds is 5. The molecule has 1 aromatic rings. The molecule has 6 heteroatoms. The van der Waals surface area contributed by atoms with E-state index < -0.39 is 17.8 Å². The number of aliphatic carboxylic acids is 1. The summed E-state index contributed by atoms with van der Waals surface area (Å²) in [5.74, 6) is -2.37. The van der Waals surface area contributed by atoms with E-state index in [1.807, 2.05) is 25.1 Å². The lowest BCUT2D eigenvalue weighted by Gasteiger charge is -2.26. The van der Waals surface area contributed by atoms with Gasteiger partial charge in [0, 0.05) is 17.8 Å². The molecule has 2 rings (SSSR count). The molecule has 0 radical (unpaired) electrons. The molecule has 0 heterocycles. The van der Waals surface area contributed by atoms with Gasteiger partial charge in [-0.05, 0) is 31.9 Å². The van der Waals surface area contributed by atoms with E-state index in [2.05, 4.69) is 5.32 Å². The van der Waals surface area contributed by atoms with Crippen molar-refractivity contribution in [3.8, 4) is 0 Å². The molecule has 0 fully saturated rings. The van der Waals surface area contributed by atoms with Gasteiger partial charge in [0.2, 0.25) is 5.91 Å². The summed E-state index contributed by atoms with van der Waals surface area (Å²) >= 11 is 0. The fraction of sp³-hybridized carbons (Fsp3) is 0.375. The highest BCUT2D eigenvalue weighted by molar-refractivity contribution is 5.95. The minimum absolute atomic E-state index is 0.247. The summed E-state index contributed by atoms with van der Waals surface area (Å²) in [5.41, 5.74) is 4.19. The van der Waals surface area contributed by atoms with Crippen LogP contribution in [0.25, 0.3) is 0 Å². The molecule has 0 aromatic heterocycles. The molecule has 118 valence electrons. The molecule has 6 nitrogen and oxygen atoms in total. The van der Waals surface area contributed by atoms with Gasteiger partial charge in [-0.25, -0.2) is 4.84 Å². The maximum absolute atomic E-state index is 12.4. The highest BCUT2D eigenvalue weighted by atomic mass is 16.6. The molecule has 0 aliphatic heterocycles. The van der Waals surface area contributed by atoms with Crippen LogP contribution in [0.5, 0.6) is 0 Å². The van der Waals surface area contributed by atoms with E-state index in [0.29, 0.717) is 18.5 Å². The zero-order valence-electron chi connectivity index (χ0n) is 12.7. The molecule has 1 aliphatic carbocycles. The van der Waals surface area contributed by atoms with Crippen molar-refractivity contribution in [3.63, 3.8) is 0 Å². The maximum Gasteiger partial charge on any atom is 0.307 e. The van der Waals surface area contributed by atoms with Crippen molar-refractivity contribution < 1.29 is 25.0 Å². The summed E-state index contributed by atoms with van der Waals surface area (Å²) in [5, 5.41) is 12.1. The molecule has 0 saturated heterocycles. The summed E-state index contributed by atoms with van der Waals surface area (Å²) < 4.78 is 0. The summed E-state index contributed by atoms with van der Waals surface area (Å²) in [6.07, 6.45) is 2.79. The van der Waals surface area contributed by atoms with E-state index in [1.165, 1.54) is 0 Å². The third-order valence-electron chi connectivity index (χ3n) is 3.83. The highest BCUT2D eigenvalue weighted by Gasteiger charge is 2.35. The van der Waals surface area contributed by atoms with Gasteiger partial charge in [-0.1, -0.05) is 11.6 Å². The number of nitrogens with two attached hydrogens (primary N) is 1. The first-order chi connectivity index (χ1) is 10.5. The minimum Gasteiger partial charge on any atom is -0.481 e. The number of carboxylic acid groups (broad SMARTS) is 1. The smallest absolute Gasteiger partial charge is 0.307 e. The van der Waals surface area contributed by atoms with Crippen LogP contribution < -0.4 is 10.8 Å². The van der Waals surface area contributed by atoms with Crippen LogP contribution in [0.2, 0.25) is 0 Å². The molecule has 0 saturated carbocycles. The first-order valence-electron chi connectivity index (χ1n) is 7.16. The van der Waals surface area contributed by atoms with Gasteiger partial charge in [-0.3, -0.25) is 9.59 Å². The van der Waals surface area contributed by atoms with Crippen LogP contribution in [0.4, 0.5) is 11.4 Å². The van der Waals surface area contributed by atoms with Crippen LogP contribution in [-0.2, 0) is 14.4 Å². The van der Waals surface area contributed by atoms with E-state index in [0.717, 1.165) is 11.3 Å². The lowest BCUT2D eigenvalue weighted by atomic mass is 9.79. The molecule has 1 amide bonds. The Hall–Kier alpha value is -2.18. The van der Waals surface area contributed by atoms with Crippen molar-refractivity contribution in [1.29, 1.82) is 0 Å². The van der Waals surface area contributed by atoms with Crippen molar-refractivity contribution in [1.82, 2.24) is 0 Å². The zero-order valence-corrected chi connectivity index (χ0v) is 12.7. The molecule has 22 heavy (non-hydrogen) atoms. The summed E-state index contributed by atoms with van der Waals surface area (Å²) in [6, 6.07) is 7.17. The summed E-state index contributed by atoms with van der Waals surface area (Å²) in [6.45, 7) is 1.92. The number of carbonyl (C=O) groups is 2. The number of benzene rings is 1. The Morgan fingerprint density at radius 2 is 1.95 bits per heavy atom. The highest BCUT2D eigenvalue weighted by Crippen LogP contribution is 2.31. The summed E-state index contributed by atoms with van der Waals surface area (Å²) in [4.78, 5) is 28.6. The first kappa shape index (κ1) is 16.2. The number of quaternary nitrogens is 1. The predicted molar refractivity (Wildman–Crippen MR) is 81.3 cm³/mol. The van der Waals surface area contributed by atoms with Gasteiger partial charge in [-0.15, -0.1) is 0 Å². The monoisotopic (exact) mass is 305 g/mol. The minimum atomic E-state index is -0.922. The number of carboxylic acids is 1. The number of allylic oxidation sites excluding steroid dienone is 2. The number of hydrogen-bond acceptors (Lipinski definition) is 3. The van der Waals surface area contributed by atoms with Crippen LogP contribution in [0.1, 0.15) is 19.8 Å². The van der Waals surface area contributed by atoms with E-state index in [4.69, 9.17) is 4.84 Å². The number of hydrogen-bond donors (Lipinski definition) is 3. The molecule has 0 bridgehead atoms. The number of anilines is 1. The van der Waals surface area contributed by atoms with Crippen molar-refractivity contribution >= 4 is 23.3 Å². The van der Waals surface area contributed by atoms with Crippen LogP contribution in [-0.4, -0.2) is 24.1 Å². The van der Waals surface area contributed by atoms with Crippen LogP contribution in [0.3, 0.4) is 0 Å². The van der Waals surface area contributed by atoms with Crippen molar-refractivity contribution in [2.24, 2.45) is 11.8 Å². The second kappa shape index (κ2) is 7.20. The molecular weight excluding hydrogens is 284 g/mol. The number of nitrogens with one attached hydrogen (secondary N) is 1. The average Bonchev–Trinajstić information content (AvgIpc) is 2.49. The van der Waals surface area contributed by atoms with Gasteiger partial charge in [0.15, 0.2) is 5.69 Å². The van der Waals surface area contributed by atoms with Crippen molar-refractivity contribution in [3.05, 3.63) is 35.9 Å². The van der Waals surface area contributed by atoms with Crippen molar-refractivity contribution in [2.75, 3.05) is 12.4 Å². The van der Waals surface area contributed by atoms with Gasteiger partial charge < -0.3 is 10.4 Å². The molecule has 2 unspecified atom stereocenters. The lowest BCUT2D eigenvalue weighted by Crippen LogP contribution is -2.75. The Bertz CT molecular complexity index is 580. The van der Waals surface area contributed by atoms with Gasteiger partial charge >= 0.3 is 5.97 Å². The van der Waals surface area contributed by atoms with E-state index in [1.54, 1.807) is 24.7 Å². The fourth-order valence-electron chi connectivity index (χ4n) is 2.63. The Labute approximate surface area is 129 Å². The molecule has 1 aliphatic rings. The largest absolute Gasteiger partial charge is 0.481 e. The van der Waals surface area contributed by atoms with Gasteiger partial charge in [0.25, 0.3) is 0 Å². The van der Waals surface area contributed by atoms with E-state index >= 15 is 0 Å². The molecule has 4 N–H and O–H groups in total. The zero-order chi connectivity index (χ0) is 16.1. The lowest BCUT2D eigenvalue weighted by molar-refractivity contribution is -0.830. The van der Waals surface area contributed by atoms with E-state index in [-0.39, 0.29) is 5.91 Å². The second-order valence-electron chi connectivity index (χ2n) is 5.51. The van der Waals surface area contributed by atoms with Gasteiger partial charge in [0.05, 0.1) is 18.9 Å². The Morgan fingerprint density at radius 1 is 1.27 bits per heavy atom. The fourth-order valence-corrected chi connectivity index (χ4v) is 2.63. The number of amides is 1. The van der Waals surface area contributed by atoms with E-state index in [9.17, 15) is 14.7 Å². The van der Waals surface area contributed by atoms with Crippen molar-refractivity contribution in [2.45, 2.75) is 19.8 Å². The third-order valence-corrected chi connectivity index (χ3v) is 3.83. The topological polar surface area (TPSA) is 92.2 Å². The molecule has 2 atom stereocenters. The maximum atomic E-state index is 12.4. The first-order valence-corrected chi connectivity index (χ1v) is 7.16. The van der Waals surface area contributed by atoms with Crippen LogP contribution in [0.15, 0.2) is 35.9 Å². The molecular formula is C16H21N2O4+. The molecule has 1 aromatic carbocycles. The predicted octanol–water partition coefficient (Wildman–Crippen LogP) is 1.44. The second-order valence-corrected chi connectivity index (χ2v) is 5.51. The number of carbonyl (C=O) groups excluding carboxylic acids is 1. The normalized spacial score (nSPS) is 21.1. The Morgan fingerprint density at radius 3 is 2.55 bits per heavy atom. The quantitative estimate of drug-likeness (QED) is 0.436. The standard InChI is InChI=1S/C16H20N2O4/c1-10-3-8-13(16(20)21)14(9-10)15(19)17-11-4-6-12(7-5-11)18-22-2/h3-7,13-14,18H,8-9H2,1-2H3,(H,17,19)(H,20,21)/p+1. The SMILES string of the molecule is CO[NH2+]c1ccc(NC(=O)C2CC(C)=CCC2C(=O)O)cc1.